The van der Waals surface area contributed by atoms with Crippen LogP contribution in [0.5, 0.6) is 0 Å². The standard InChI is InChI=1S/C20H14N4.BrH.Sc/c1-2-14-10-16-5-6-18(23-16)12-20-8-7-19(24-20)11-17-4-3-15(22-17)9-13(1)21-14;;/h1-12,21-22H;1H;. The van der Waals surface area contributed by atoms with Gasteiger partial charge < -0.3 is 9.97 Å². The minimum absolute atomic E-state index is 0. The molecule has 3 aromatic rings. The molecule has 0 aliphatic carbocycles. The van der Waals surface area contributed by atoms with Crippen LogP contribution >= 0.6 is 17.0 Å². The molecule has 5 heterocycles. The Balaban J connectivity index is 0.000000980. The topological polar surface area (TPSA) is 57.4 Å². The zero-order chi connectivity index (χ0) is 15.9. The summed E-state index contributed by atoms with van der Waals surface area (Å²) in [7, 11) is 0. The fourth-order valence-electron chi connectivity index (χ4n) is 2.94. The molecule has 26 heavy (non-hydrogen) atoms. The van der Waals surface area contributed by atoms with Gasteiger partial charge in [0.05, 0.1) is 22.8 Å². The Bertz CT molecular complexity index is 1080. The fourth-order valence-corrected chi connectivity index (χ4v) is 2.94. The molecular weight excluding hydrogens is 421 g/mol. The summed E-state index contributed by atoms with van der Waals surface area (Å²) in [6, 6.07) is 16.4. The summed E-state index contributed by atoms with van der Waals surface area (Å²) >= 11 is 0. The maximum Gasteiger partial charge on any atom is 0.0659 e. The van der Waals surface area contributed by atoms with Crippen LogP contribution in [0.25, 0.3) is 46.4 Å². The van der Waals surface area contributed by atoms with Crippen LogP contribution in [0, 0.1) is 0 Å². The first-order chi connectivity index (χ1) is 11.8. The van der Waals surface area contributed by atoms with Crippen molar-refractivity contribution >= 4 is 63.4 Å². The molecule has 5 rings (SSSR count). The maximum atomic E-state index is 4.62. The number of aromatic nitrogens is 4. The number of hydrogen-bond acceptors (Lipinski definition) is 2. The molecule has 0 unspecified atom stereocenters. The molecule has 3 aromatic heterocycles. The predicted octanol–water partition coefficient (Wildman–Crippen LogP) is 5.23. The molecule has 1 radical (unpaired) electrons. The molecule has 0 fully saturated rings. The summed E-state index contributed by atoms with van der Waals surface area (Å²) in [6.07, 6.45) is 8.05. The summed E-state index contributed by atoms with van der Waals surface area (Å²) < 4.78 is 0. The normalized spacial score (nSPS) is 11.7. The van der Waals surface area contributed by atoms with Crippen molar-refractivity contribution in [2.24, 2.45) is 0 Å². The van der Waals surface area contributed by atoms with E-state index in [2.05, 4.69) is 50.3 Å². The van der Waals surface area contributed by atoms with E-state index < -0.39 is 0 Å². The van der Waals surface area contributed by atoms with Gasteiger partial charge in [-0.25, -0.2) is 9.97 Å². The average molecular weight is 436 g/mol. The smallest absolute Gasteiger partial charge is 0.0659 e. The van der Waals surface area contributed by atoms with Gasteiger partial charge in [-0.3, -0.25) is 0 Å². The first-order valence-corrected chi connectivity index (χ1v) is 7.85. The number of nitrogens with one attached hydrogen (secondary N) is 2. The zero-order valence-corrected chi connectivity index (χ0v) is 17.3. The van der Waals surface area contributed by atoms with Crippen LogP contribution in [-0.4, -0.2) is 19.9 Å². The molecule has 2 aliphatic rings. The van der Waals surface area contributed by atoms with Crippen molar-refractivity contribution in [3.8, 4) is 0 Å². The van der Waals surface area contributed by atoms with Crippen LogP contribution in [0.15, 0.2) is 48.5 Å². The van der Waals surface area contributed by atoms with Crippen molar-refractivity contribution in [2.75, 3.05) is 0 Å². The predicted molar refractivity (Wildman–Crippen MR) is 109 cm³/mol. The first-order valence-electron chi connectivity index (χ1n) is 7.85. The van der Waals surface area contributed by atoms with Crippen LogP contribution in [-0.2, 0) is 25.8 Å². The number of aromatic amines is 2. The summed E-state index contributed by atoms with van der Waals surface area (Å²) in [4.78, 5) is 16.0. The van der Waals surface area contributed by atoms with Gasteiger partial charge in [-0.05, 0) is 72.8 Å². The molecule has 6 heteroatoms. The summed E-state index contributed by atoms with van der Waals surface area (Å²) in [5.74, 6) is 0. The SMILES string of the molecule is Br.C1=Cc2cc3ccc(cc4ccc(cc5nc(cc1n2)C=C5)[nH]4)[nH]3.[Sc]. The van der Waals surface area contributed by atoms with Crippen LogP contribution in [0.3, 0.4) is 0 Å². The molecule has 125 valence electrons. The first kappa shape index (κ1) is 18.7. The van der Waals surface area contributed by atoms with E-state index in [-0.39, 0.29) is 42.8 Å². The monoisotopic (exact) mass is 435 g/mol. The Morgan fingerprint density at radius 2 is 0.846 bits per heavy atom. The van der Waals surface area contributed by atoms with Crippen molar-refractivity contribution in [3.05, 3.63) is 71.3 Å². The summed E-state index contributed by atoms with van der Waals surface area (Å²) in [5.41, 5.74) is 7.86. The van der Waals surface area contributed by atoms with Gasteiger partial charge in [-0.15, -0.1) is 17.0 Å². The number of halogens is 1. The van der Waals surface area contributed by atoms with Crippen molar-refractivity contribution in [2.45, 2.75) is 0 Å². The van der Waals surface area contributed by atoms with Gasteiger partial charge in [-0.1, -0.05) is 0 Å². The van der Waals surface area contributed by atoms with Gasteiger partial charge in [0, 0.05) is 47.9 Å². The third kappa shape index (κ3) is 3.86. The molecule has 0 spiro atoms. The molecule has 2 aliphatic heterocycles. The van der Waals surface area contributed by atoms with E-state index in [1.165, 1.54) is 0 Å². The largest absolute Gasteiger partial charge is 0.355 e. The Morgan fingerprint density at radius 3 is 1.27 bits per heavy atom. The van der Waals surface area contributed by atoms with Crippen molar-refractivity contribution in [1.82, 2.24) is 19.9 Å². The fraction of sp³-hybridized carbons (Fsp3) is 0. The molecule has 0 atom stereocenters. The van der Waals surface area contributed by atoms with Gasteiger partial charge in [0.15, 0.2) is 0 Å². The van der Waals surface area contributed by atoms with E-state index in [1.807, 2.05) is 42.5 Å². The van der Waals surface area contributed by atoms with Crippen molar-refractivity contribution in [3.63, 3.8) is 0 Å². The van der Waals surface area contributed by atoms with E-state index in [9.17, 15) is 0 Å². The van der Waals surface area contributed by atoms with E-state index in [0.29, 0.717) is 0 Å². The molecule has 4 nitrogen and oxygen atoms in total. The molecular formula is C20H15BrN4Sc. The van der Waals surface area contributed by atoms with Gasteiger partial charge >= 0.3 is 0 Å². The number of rotatable bonds is 0. The van der Waals surface area contributed by atoms with E-state index in [4.69, 9.17) is 0 Å². The molecule has 0 aromatic carbocycles. The van der Waals surface area contributed by atoms with Gasteiger partial charge in [0.2, 0.25) is 0 Å². The number of fused-ring (bicyclic) bond motifs is 8. The van der Waals surface area contributed by atoms with Crippen molar-refractivity contribution in [1.29, 1.82) is 0 Å². The second kappa shape index (κ2) is 7.68. The van der Waals surface area contributed by atoms with E-state index >= 15 is 0 Å². The average Bonchev–Trinajstić information content (AvgIpc) is 3.32. The second-order valence-corrected chi connectivity index (χ2v) is 5.91. The number of hydrogen-bond donors (Lipinski definition) is 2. The van der Waals surface area contributed by atoms with Crippen LogP contribution in [0.4, 0.5) is 0 Å². The Labute approximate surface area is 179 Å². The zero-order valence-electron chi connectivity index (χ0n) is 13.8. The van der Waals surface area contributed by atoms with E-state index in [1.54, 1.807) is 0 Å². The van der Waals surface area contributed by atoms with Gasteiger partial charge in [-0.2, -0.15) is 0 Å². The van der Waals surface area contributed by atoms with Crippen LogP contribution < -0.4 is 0 Å². The Morgan fingerprint density at radius 1 is 0.500 bits per heavy atom. The van der Waals surface area contributed by atoms with Gasteiger partial charge in [0.25, 0.3) is 0 Å². The molecule has 8 bridgehead atoms. The third-order valence-corrected chi connectivity index (χ3v) is 4.04. The Kier molecular flexibility index (Phi) is 5.53. The number of H-pyrrole nitrogens is 2. The quantitative estimate of drug-likeness (QED) is 0.349. The molecule has 0 saturated heterocycles. The minimum Gasteiger partial charge on any atom is -0.355 e. The van der Waals surface area contributed by atoms with Crippen LogP contribution in [0.1, 0.15) is 22.8 Å². The second-order valence-electron chi connectivity index (χ2n) is 5.91. The molecule has 0 amide bonds. The third-order valence-electron chi connectivity index (χ3n) is 4.04. The van der Waals surface area contributed by atoms with E-state index in [0.717, 1.165) is 44.8 Å². The Hall–Kier alpha value is -2.05. The van der Waals surface area contributed by atoms with Crippen molar-refractivity contribution < 1.29 is 25.8 Å². The summed E-state index contributed by atoms with van der Waals surface area (Å²) in [6.45, 7) is 0. The number of nitrogens with zero attached hydrogens (tertiary/aromatic N) is 2. The van der Waals surface area contributed by atoms with Crippen LogP contribution in [0.2, 0.25) is 0 Å². The minimum atomic E-state index is 0. The molecule has 2 N–H and O–H groups in total. The van der Waals surface area contributed by atoms with Gasteiger partial charge in [0.1, 0.15) is 0 Å². The molecule has 0 saturated carbocycles. The summed E-state index contributed by atoms with van der Waals surface area (Å²) in [5, 5.41) is 0. The maximum absolute atomic E-state index is 4.62.